The van der Waals surface area contributed by atoms with Crippen molar-refractivity contribution in [1.82, 2.24) is 0 Å². The van der Waals surface area contributed by atoms with Crippen LogP contribution in [0.2, 0.25) is 0 Å². The predicted molar refractivity (Wildman–Crippen MR) is 69.4 cm³/mol. The fourth-order valence-corrected chi connectivity index (χ4v) is 2.15. The van der Waals surface area contributed by atoms with Gasteiger partial charge in [0, 0.05) is 5.56 Å². The first kappa shape index (κ1) is 14.1. The number of nitrogens with zero attached hydrogens (tertiary/aromatic N) is 1. The number of benzene rings is 2. The monoisotopic (exact) mass is 275 g/mol. The maximum Gasteiger partial charge on any atom is 0.194 e. The Morgan fingerprint density at radius 3 is 2.25 bits per heavy atom. The van der Waals surface area contributed by atoms with Crippen LogP contribution in [-0.2, 0) is 11.8 Å². The van der Waals surface area contributed by atoms with Crippen LogP contribution in [0.3, 0.4) is 0 Å². The molecule has 0 amide bonds. The molecule has 2 rings (SSSR count). The molecule has 1 nitrogen and oxygen atoms in total. The second-order valence-electron chi connectivity index (χ2n) is 4.83. The van der Waals surface area contributed by atoms with E-state index in [2.05, 4.69) is 0 Å². The summed E-state index contributed by atoms with van der Waals surface area (Å²) in [6.45, 7) is 1.51. The molecule has 0 saturated heterocycles. The van der Waals surface area contributed by atoms with Crippen molar-refractivity contribution in [2.45, 2.75) is 18.8 Å². The Kier molecular flexibility index (Phi) is 3.80. The molecule has 102 valence electrons. The fourth-order valence-electron chi connectivity index (χ4n) is 2.15. The lowest BCUT2D eigenvalue weighted by molar-refractivity contribution is 0.426. The fraction of sp³-hybridized carbons (Fsp3) is 0.188. The van der Waals surface area contributed by atoms with Crippen molar-refractivity contribution in [1.29, 1.82) is 5.26 Å². The van der Waals surface area contributed by atoms with Gasteiger partial charge in [-0.2, -0.15) is 5.26 Å². The van der Waals surface area contributed by atoms with Crippen molar-refractivity contribution in [3.05, 3.63) is 71.0 Å². The van der Waals surface area contributed by atoms with Gasteiger partial charge >= 0.3 is 0 Å². The smallest absolute Gasteiger partial charge is 0.194 e. The molecular weight excluding hydrogens is 263 g/mol. The van der Waals surface area contributed by atoms with Gasteiger partial charge in [-0.05, 0) is 25.0 Å². The first-order valence-corrected chi connectivity index (χ1v) is 6.07. The molecule has 2 aromatic rings. The van der Waals surface area contributed by atoms with Crippen LogP contribution in [0, 0.1) is 28.8 Å². The molecule has 1 atom stereocenters. The van der Waals surface area contributed by atoms with Gasteiger partial charge in [-0.15, -0.1) is 0 Å². The zero-order valence-corrected chi connectivity index (χ0v) is 10.8. The lowest BCUT2D eigenvalue weighted by Gasteiger charge is -2.23. The zero-order valence-electron chi connectivity index (χ0n) is 10.8. The minimum absolute atomic E-state index is 0.136. The Labute approximate surface area is 115 Å². The summed E-state index contributed by atoms with van der Waals surface area (Å²) in [5.41, 5.74) is -0.580. The molecule has 0 fully saturated rings. The van der Waals surface area contributed by atoms with E-state index in [-0.39, 0.29) is 12.0 Å². The van der Waals surface area contributed by atoms with E-state index in [0.29, 0.717) is 0 Å². The largest absolute Gasteiger partial charge is 0.204 e. The summed E-state index contributed by atoms with van der Waals surface area (Å²) in [4.78, 5) is 0. The Morgan fingerprint density at radius 1 is 1.00 bits per heavy atom. The van der Waals surface area contributed by atoms with Gasteiger partial charge in [-0.25, -0.2) is 13.2 Å². The first-order valence-electron chi connectivity index (χ1n) is 6.07. The maximum atomic E-state index is 13.9. The van der Waals surface area contributed by atoms with E-state index in [9.17, 15) is 18.4 Å². The number of halogens is 3. The van der Waals surface area contributed by atoms with Crippen LogP contribution in [0.15, 0.2) is 42.5 Å². The standard InChI is InChI=1S/C16H12F3N/c1-16(10-20,9-11-5-3-2-4-6-11)12-7-8-13(17)15(19)14(12)18/h2-8H,9H2,1H3. The average molecular weight is 275 g/mol. The van der Waals surface area contributed by atoms with Crippen molar-refractivity contribution >= 4 is 0 Å². The van der Waals surface area contributed by atoms with Crippen molar-refractivity contribution in [3.8, 4) is 6.07 Å². The second-order valence-corrected chi connectivity index (χ2v) is 4.83. The van der Waals surface area contributed by atoms with Gasteiger partial charge < -0.3 is 0 Å². The Balaban J connectivity index is 2.47. The van der Waals surface area contributed by atoms with E-state index in [4.69, 9.17) is 0 Å². The molecule has 0 aliphatic heterocycles. The summed E-state index contributed by atoms with van der Waals surface area (Å²) in [6.07, 6.45) is 0.215. The van der Waals surface area contributed by atoms with Crippen molar-refractivity contribution in [2.75, 3.05) is 0 Å². The molecule has 4 heteroatoms. The molecule has 0 aromatic heterocycles. The number of nitriles is 1. The lowest BCUT2D eigenvalue weighted by atomic mass is 9.78. The average Bonchev–Trinajstić information content (AvgIpc) is 2.45. The summed E-state index contributed by atoms with van der Waals surface area (Å²) in [5, 5.41) is 9.35. The highest BCUT2D eigenvalue weighted by Gasteiger charge is 2.32. The summed E-state index contributed by atoms with van der Waals surface area (Å²) in [7, 11) is 0. The van der Waals surface area contributed by atoms with Crippen molar-refractivity contribution < 1.29 is 13.2 Å². The molecular formula is C16H12F3N. The van der Waals surface area contributed by atoms with Gasteiger partial charge in [0.2, 0.25) is 0 Å². The third-order valence-corrected chi connectivity index (χ3v) is 3.28. The molecule has 0 N–H and O–H groups in total. The maximum absolute atomic E-state index is 13.9. The Morgan fingerprint density at radius 2 is 1.65 bits per heavy atom. The third-order valence-electron chi connectivity index (χ3n) is 3.28. The van der Waals surface area contributed by atoms with Gasteiger partial charge in [0.05, 0.1) is 11.5 Å². The first-order chi connectivity index (χ1) is 9.48. The molecule has 0 aliphatic carbocycles. The van der Waals surface area contributed by atoms with Crippen molar-refractivity contribution in [3.63, 3.8) is 0 Å². The Bertz CT molecular complexity index is 661. The van der Waals surface area contributed by atoms with Crippen LogP contribution < -0.4 is 0 Å². The van der Waals surface area contributed by atoms with Crippen LogP contribution in [0.25, 0.3) is 0 Å². The second kappa shape index (κ2) is 5.38. The molecule has 0 radical (unpaired) electrons. The van der Waals surface area contributed by atoms with Crippen LogP contribution in [0.4, 0.5) is 13.2 Å². The van der Waals surface area contributed by atoms with Crippen LogP contribution in [-0.4, -0.2) is 0 Å². The van der Waals surface area contributed by atoms with Gasteiger partial charge in [0.15, 0.2) is 17.5 Å². The normalized spacial score (nSPS) is 13.6. The molecule has 2 aromatic carbocycles. The highest BCUT2D eigenvalue weighted by atomic mass is 19.2. The SMILES string of the molecule is CC(C#N)(Cc1ccccc1)c1ccc(F)c(F)c1F. The minimum Gasteiger partial charge on any atom is -0.204 e. The molecule has 20 heavy (non-hydrogen) atoms. The van der Waals surface area contributed by atoms with Gasteiger partial charge in [-0.1, -0.05) is 36.4 Å². The van der Waals surface area contributed by atoms with Crippen molar-refractivity contribution in [2.24, 2.45) is 0 Å². The topological polar surface area (TPSA) is 23.8 Å². The highest BCUT2D eigenvalue weighted by Crippen LogP contribution is 2.31. The number of hydrogen-bond acceptors (Lipinski definition) is 1. The summed E-state index contributed by atoms with van der Waals surface area (Å²) < 4.78 is 40.2. The van der Waals surface area contributed by atoms with Gasteiger partial charge in [-0.3, -0.25) is 0 Å². The summed E-state index contributed by atoms with van der Waals surface area (Å²) in [6, 6.07) is 13.0. The van der Waals surface area contributed by atoms with Crippen LogP contribution >= 0.6 is 0 Å². The predicted octanol–water partition coefficient (Wildman–Crippen LogP) is 4.13. The molecule has 0 spiro atoms. The molecule has 0 saturated carbocycles. The highest BCUT2D eigenvalue weighted by molar-refractivity contribution is 5.36. The quantitative estimate of drug-likeness (QED) is 0.773. The van der Waals surface area contributed by atoms with E-state index < -0.39 is 22.9 Å². The Hall–Kier alpha value is -2.28. The lowest BCUT2D eigenvalue weighted by Crippen LogP contribution is -2.25. The summed E-state index contributed by atoms with van der Waals surface area (Å²) >= 11 is 0. The van der Waals surface area contributed by atoms with E-state index in [1.807, 2.05) is 12.1 Å². The number of hydrogen-bond donors (Lipinski definition) is 0. The third kappa shape index (κ3) is 2.53. The van der Waals surface area contributed by atoms with E-state index in [0.717, 1.165) is 17.7 Å². The minimum atomic E-state index is -1.54. The van der Waals surface area contributed by atoms with Crippen LogP contribution in [0.5, 0.6) is 0 Å². The zero-order chi connectivity index (χ0) is 14.8. The van der Waals surface area contributed by atoms with E-state index >= 15 is 0 Å². The van der Waals surface area contributed by atoms with E-state index in [1.165, 1.54) is 6.92 Å². The number of rotatable bonds is 3. The molecule has 1 unspecified atom stereocenters. The van der Waals surface area contributed by atoms with Crippen LogP contribution in [0.1, 0.15) is 18.1 Å². The van der Waals surface area contributed by atoms with E-state index in [1.54, 1.807) is 24.3 Å². The molecule has 0 aliphatic rings. The molecule has 0 bridgehead atoms. The molecule has 0 heterocycles. The summed E-state index contributed by atoms with van der Waals surface area (Å²) in [5.74, 6) is -4.10. The van der Waals surface area contributed by atoms with Gasteiger partial charge in [0.25, 0.3) is 0 Å². The van der Waals surface area contributed by atoms with Gasteiger partial charge in [0.1, 0.15) is 0 Å².